The third-order valence-electron chi connectivity index (χ3n) is 1.55. The Morgan fingerprint density at radius 1 is 1.73 bits per heavy atom. The Balaban J connectivity index is 3.12. The van der Waals surface area contributed by atoms with Gasteiger partial charge in [-0.2, -0.15) is 4.98 Å². The van der Waals surface area contributed by atoms with Crippen LogP contribution in [0.4, 0.5) is 11.5 Å². The number of nitro groups is 1. The average molecular weight is 210 g/mol. The molecule has 7 nitrogen and oxygen atoms in total. The summed E-state index contributed by atoms with van der Waals surface area (Å²) in [5.74, 6) is 0.0494. The maximum atomic E-state index is 10.7. The van der Waals surface area contributed by atoms with Gasteiger partial charge in [-0.25, -0.2) is 4.98 Å². The van der Waals surface area contributed by atoms with Crippen molar-refractivity contribution in [2.75, 3.05) is 19.0 Å². The number of nitrogens with one attached hydrogen (secondary N) is 1. The molecular weight excluding hydrogens is 200 g/mol. The molecular formula is C8H10N4O3. The quantitative estimate of drug-likeness (QED) is 0.442. The zero-order chi connectivity index (χ0) is 11.3. The topological polar surface area (TPSA) is 90.2 Å². The van der Waals surface area contributed by atoms with Crippen molar-refractivity contribution in [1.29, 1.82) is 0 Å². The van der Waals surface area contributed by atoms with E-state index in [1.807, 2.05) is 0 Å². The fourth-order valence-corrected chi connectivity index (χ4v) is 0.954. The minimum absolute atomic E-state index is 0.0701. The number of rotatable bonds is 5. The number of anilines is 1. The number of hydrogen-bond donors (Lipinski definition) is 1. The lowest BCUT2D eigenvalue weighted by Gasteiger charge is -2.05. The van der Waals surface area contributed by atoms with Crippen LogP contribution >= 0.6 is 0 Å². The van der Waals surface area contributed by atoms with Crippen LogP contribution < -0.4 is 10.1 Å². The van der Waals surface area contributed by atoms with E-state index < -0.39 is 4.92 Å². The van der Waals surface area contributed by atoms with E-state index in [1.54, 1.807) is 0 Å². The lowest BCUT2D eigenvalue weighted by Crippen LogP contribution is -2.05. The fraction of sp³-hybridized carbons (Fsp3) is 0.250. The Bertz CT molecular complexity index is 380. The largest absolute Gasteiger partial charge is 0.468 e. The molecule has 0 aliphatic carbocycles. The SMILES string of the molecule is C=CCOc1ncnc(NC)c1[N+](=O)[O-]. The monoisotopic (exact) mass is 210 g/mol. The second-order valence-electron chi connectivity index (χ2n) is 2.48. The molecule has 1 aromatic rings. The van der Waals surface area contributed by atoms with Crippen LogP contribution in [0.1, 0.15) is 0 Å². The van der Waals surface area contributed by atoms with Gasteiger partial charge in [0.05, 0.1) is 4.92 Å². The first-order chi connectivity index (χ1) is 7.20. The van der Waals surface area contributed by atoms with Crippen molar-refractivity contribution in [3.05, 3.63) is 29.1 Å². The summed E-state index contributed by atoms with van der Waals surface area (Å²) >= 11 is 0. The highest BCUT2D eigenvalue weighted by molar-refractivity contribution is 5.60. The standard InChI is InChI=1S/C8H10N4O3/c1-3-4-15-8-6(12(13)14)7(9-2)10-5-11-8/h3,5H,1,4H2,2H3,(H,9,10,11). The summed E-state index contributed by atoms with van der Waals surface area (Å²) in [5.41, 5.74) is -0.276. The molecule has 1 aromatic heterocycles. The highest BCUT2D eigenvalue weighted by Crippen LogP contribution is 2.30. The van der Waals surface area contributed by atoms with E-state index in [1.165, 1.54) is 19.5 Å². The van der Waals surface area contributed by atoms with Gasteiger partial charge in [0.2, 0.25) is 5.82 Å². The summed E-state index contributed by atoms with van der Waals surface area (Å²) < 4.78 is 5.04. The third kappa shape index (κ3) is 2.39. The molecule has 15 heavy (non-hydrogen) atoms. The summed E-state index contributed by atoms with van der Waals surface area (Å²) in [5, 5.41) is 13.3. The molecule has 0 spiro atoms. The van der Waals surface area contributed by atoms with Gasteiger partial charge >= 0.3 is 5.69 Å². The molecule has 0 unspecified atom stereocenters. The van der Waals surface area contributed by atoms with E-state index in [2.05, 4.69) is 21.9 Å². The molecule has 0 saturated heterocycles. The molecule has 0 bridgehead atoms. The molecule has 0 fully saturated rings. The first kappa shape index (κ1) is 10.9. The van der Waals surface area contributed by atoms with E-state index >= 15 is 0 Å². The van der Waals surface area contributed by atoms with E-state index in [-0.39, 0.29) is 24.0 Å². The van der Waals surface area contributed by atoms with Crippen molar-refractivity contribution in [3.8, 4) is 5.88 Å². The fourth-order valence-electron chi connectivity index (χ4n) is 0.954. The molecule has 0 aliphatic rings. The minimum Gasteiger partial charge on any atom is -0.468 e. The number of nitrogens with zero attached hydrogens (tertiary/aromatic N) is 3. The highest BCUT2D eigenvalue weighted by atomic mass is 16.6. The van der Waals surface area contributed by atoms with Crippen LogP contribution in [0.15, 0.2) is 19.0 Å². The maximum Gasteiger partial charge on any atom is 0.372 e. The van der Waals surface area contributed by atoms with Crippen LogP contribution in [0.5, 0.6) is 5.88 Å². The molecule has 7 heteroatoms. The molecule has 0 amide bonds. The van der Waals surface area contributed by atoms with E-state index in [9.17, 15) is 10.1 Å². The summed E-state index contributed by atoms with van der Waals surface area (Å²) in [6, 6.07) is 0. The van der Waals surface area contributed by atoms with Crippen LogP contribution in [-0.2, 0) is 0 Å². The predicted octanol–water partition coefficient (Wildman–Crippen LogP) is 0.991. The number of aromatic nitrogens is 2. The Labute approximate surface area is 86.0 Å². The van der Waals surface area contributed by atoms with Gasteiger partial charge in [-0.1, -0.05) is 12.7 Å². The normalized spacial score (nSPS) is 9.40. The van der Waals surface area contributed by atoms with Crippen molar-refractivity contribution in [3.63, 3.8) is 0 Å². The first-order valence-corrected chi connectivity index (χ1v) is 4.11. The third-order valence-corrected chi connectivity index (χ3v) is 1.55. The summed E-state index contributed by atoms with van der Waals surface area (Å²) in [7, 11) is 1.53. The molecule has 1 N–H and O–H groups in total. The van der Waals surface area contributed by atoms with Gasteiger partial charge in [-0.15, -0.1) is 0 Å². The minimum atomic E-state index is -0.593. The van der Waals surface area contributed by atoms with E-state index in [4.69, 9.17) is 4.74 Å². The van der Waals surface area contributed by atoms with Crippen LogP contribution in [0, 0.1) is 10.1 Å². The van der Waals surface area contributed by atoms with Crippen molar-refractivity contribution >= 4 is 11.5 Å². The number of ether oxygens (including phenoxy) is 1. The zero-order valence-corrected chi connectivity index (χ0v) is 8.14. The lowest BCUT2D eigenvalue weighted by atomic mass is 10.4. The van der Waals surface area contributed by atoms with Crippen LogP contribution in [0.3, 0.4) is 0 Å². The zero-order valence-electron chi connectivity index (χ0n) is 8.14. The molecule has 1 heterocycles. The van der Waals surface area contributed by atoms with Crippen molar-refractivity contribution in [2.24, 2.45) is 0 Å². The van der Waals surface area contributed by atoms with Gasteiger partial charge in [0.25, 0.3) is 5.88 Å². The van der Waals surface area contributed by atoms with Crippen molar-refractivity contribution in [2.45, 2.75) is 0 Å². The van der Waals surface area contributed by atoms with Crippen LogP contribution in [0.2, 0.25) is 0 Å². The second-order valence-corrected chi connectivity index (χ2v) is 2.48. The van der Waals surface area contributed by atoms with Crippen molar-refractivity contribution < 1.29 is 9.66 Å². The molecule has 0 radical (unpaired) electrons. The Morgan fingerprint density at radius 3 is 3.00 bits per heavy atom. The van der Waals surface area contributed by atoms with Gasteiger partial charge in [0.1, 0.15) is 12.9 Å². The number of hydrogen-bond acceptors (Lipinski definition) is 6. The maximum absolute atomic E-state index is 10.7. The molecule has 0 aromatic carbocycles. The molecule has 0 atom stereocenters. The first-order valence-electron chi connectivity index (χ1n) is 4.11. The molecule has 0 saturated carbocycles. The van der Waals surface area contributed by atoms with Gasteiger partial charge in [-0.05, 0) is 0 Å². The van der Waals surface area contributed by atoms with Crippen molar-refractivity contribution in [1.82, 2.24) is 9.97 Å². The van der Waals surface area contributed by atoms with E-state index in [0.29, 0.717) is 0 Å². The van der Waals surface area contributed by atoms with Gasteiger partial charge < -0.3 is 10.1 Å². The Kier molecular flexibility index (Phi) is 3.55. The van der Waals surface area contributed by atoms with Gasteiger partial charge in [-0.3, -0.25) is 10.1 Å². The molecule has 80 valence electrons. The smallest absolute Gasteiger partial charge is 0.372 e. The summed E-state index contributed by atoms with van der Waals surface area (Å²) in [6.07, 6.45) is 2.67. The van der Waals surface area contributed by atoms with E-state index in [0.717, 1.165) is 0 Å². The summed E-state index contributed by atoms with van der Waals surface area (Å²) in [4.78, 5) is 17.6. The van der Waals surface area contributed by atoms with Gasteiger partial charge in [0, 0.05) is 7.05 Å². The predicted molar refractivity (Wildman–Crippen MR) is 53.9 cm³/mol. The molecule has 1 rings (SSSR count). The second kappa shape index (κ2) is 4.89. The van der Waals surface area contributed by atoms with Crippen LogP contribution in [-0.4, -0.2) is 28.5 Å². The highest BCUT2D eigenvalue weighted by Gasteiger charge is 2.23. The van der Waals surface area contributed by atoms with Gasteiger partial charge in [0.15, 0.2) is 0 Å². The summed E-state index contributed by atoms with van der Waals surface area (Å²) in [6.45, 7) is 3.59. The Hall–Kier alpha value is -2.18. The Morgan fingerprint density at radius 2 is 2.47 bits per heavy atom. The average Bonchev–Trinajstić information content (AvgIpc) is 2.25. The lowest BCUT2D eigenvalue weighted by molar-refractivity contribution is -0.385. The van der Waals surface area contributed by atoms with Crippen LogP contribution in [0.25, 0.3) is 0 Å². The molecule has 0 aliphatic heterocycles.